The third kappa shape index (κ3) is 6.03. The van der Waals surface area contributed by atoms with Gasteiger partial charge in [-0.3, -0.25) is 4.79 Å². The standard InChI is InChI=1S/C13H20N2O4S/c1-19-9-3-8-14-13(16)10-15-11-4-6-12(7-5-11)20(2,17)18/h4-7,15H,3,8-10H2,1-2H3,(H,14,16). The van der Waals surface area contributed by atoms with Crippen LogP contribution in [0.4, 0.5) is 5.69 Å². The van der Waals surface area contributed by atoms with Crippen LogP contribution >= 0.6 is 0 Å². The molecule has 6 nitrogen and oxygen atoms in total. The summed E-state index contributed by atoms with van der Waals surface area (Å²) in [6.07, 6.45) is 1.92. The summed E-state index contributed by atoms with van der Waals surface area (Å²) in [5.41, 5.74) is 0.699. The Morgan fingerprint density at radius 1 is 1.25 bits per heavy atom. The zero-order valence-corrected chi connectivity index (χ0v) is 12.5. The molecule has 1 aromatic rings. The predicted molar refractivity (Wildman–Crippen MR) is 77.5 cm³/mol. The smallest absolute Gasteiger partial charge is 0.239 e. The van der Waals surface area contributed by atoms with Gasteiger partial charge in [0.15, 0.2) is 9.84 Å². The SMILES string of the molecule is COCCCNC(=O)CNc1ccc(S(C)(=O)=O)cc1. The first-order chi connectivity index (χ1) is 9.43. The molecule has 0 heterocycles. The second kappa shape index (κ2) is 7.86. The van der Waals surface area contributed by atoms with Gasteiger partial charge in [0, 0.05) is 32.2 Å². The van der Waals surface area contributed by atoms with Gasteiger partial charge >= 0.3 is 0 Å². The van der Waals surface area contributed by atoms with Crippen molar-refractivity contribution in [3.8, 4) is 0 Å². The summed E-state index contributed by atoms with van der Waals surface area (Å²) in [4.78, 5) is 11.8. The van der Waals surface area contributed by atoms with Crippen LogP contribution in [0.5, 0.6) is 0 Å². The molecule has 1 amide bonds. The molecule has 1 aromatic carbocycles. The Balaban J connectivity index is 2.37. The van der Waals surface area contributed by atoms with Crippen LogP contribution in [0.1, 0.15) is 6.42 Å². The highest BCUT2D eigenvalue weighted by molar-refractivity contribution is 7.90. The van der Waals surface area contributed by atoms with E-state index in [9.17, 15) is 13.2 Å². The van der Waals surface area contributed by atoms with Crippen molar-refractivity contribution in [1.29, 1.82) is 0 Å². The van der Waals surface area contributed by atoms with Gasteiger partial charge in [0.25, 0.3) is 0 Å². The normalized spacial score (nSPS) is 11.1. The first-order valence-electron chi connectivity index (χ1n) is 6.23. The molecule has 112 valence electrons. The minimum absolute atomic E-state index is 0.117. The molecule has 0 saturated carbocycles. The summed E-state index contributed by atoms with van der Waals surface area (Å²) in [6, 6.07) is 6.28. The molecular formula is C13H20N2O4S. The lowest BCUT2D eigenvalue weighted by molar-refractivity contribution is -0.119. The molecule has 0 saturated heterocycles. The van der Waals surface area contributed by atoms with Gasteiger partial charge in [0.05, 0.1) is 11.4 Å². The number of nitrogens with one attached hydrogen (secondary N) is 2. The number of ether oxygens (including phenoxy) is 1. The van der Waals surface area contributed by atoms with E-state index in [1.54, 1.807) is 19.2 Å². The summed E-state index contributed by atoms with van der Waals surface area (Å²) in [5.74, 6) is -0.117. The zero-order valence-electron chi connectivity index (χ0n) is 11.7. The lowest BCUT2D eigenvalue weighted by Gasteiger charge is -2.08. The lowest BCUT2D eigenvalue weighted by Crippen LogP contribution is -2.31. The van der Waals surface area contributed by atoms with Crippen molar-refractivity contribution in [1.82, 2.24) is 5.32 Å². The van der Waals surface area contributed by atoms with Crippen molar-refractivity contribution in [2.45, 2.75) is 11.3 Å². The van der Waals surface area contributed by atoms with E-state index in [1.807, 2.05) is 0 Å². The quantitative estimate of drug-likeness (QED) is 0.689. The van der Waals surface area contributed by atoms with Crippen LogP contribution in [0.25, 0.3) is 0 Å². The van der Waals surface area contributed by atoms with Gasteiger partial charge in [0.1, 0.15) is 0 Å². The number of carbonyl (C=O) groups is 1. The molecule has 0 aliphatic heterocycles. The van der Waals surface area contributed by atoms with Crippen LogP contribution < -0.4 is 10.6 Å². The summed E-state index contributed by atoms with van der Waals surface area (Å²) >= 11 is 0. The Morgan fingerprint density at radius 2 is 1.90 bits per heavy atom. The lowest BCUT2D eigenvalue weighted by atomic mass is 10.3. The van der Waals surface area contributed by atoms with Gasteiger partial charge in [-0.25, -0.2) is 8.42 Å². The topological polar surface area (TPSA) is 84.5 Å². The van der Waals surface area contributed by atoms with Crippen molar-refractivity contribution >= 4 is 21.4 Å². The average Bonchev–Trinajstić information content (AvgIpc) is 2.41. The van der Waals surface area contributed by atoms with E-state index in [4.69, 9.17) is 4.74 Å². The van der Waals surface area contributed by atoms with Crippen molar-refractivity contribution in [3.63, 3.8) is 0 Å². The van der Waals surface area contributed by atoms with Crippen LogP contribution in [-0.4, -0.2) is 47.4 Å². The van der Waals surface area contributed by atoms with Crippen molar-refractivity contribution in [2.24, 2.45) is 0 Å². The number of rotatable bonds is 8. The van der Waals surface area contributed by atoms with Crippen molar-refractivity contribution in [3.05, 3.63) is 24.3 Å². The van der Waals surface area contributed by atoms with E-state index in [1.165, 1.54) is 12.1 Å². The second-order valence-corrected chi connectivity index (χ2v) is 6.36. The Kier molecular flexibility index (Phi) is 6.47. The molecule has 0 aromatic heterocycles. The maximum atomic E-state index is 11.5. The highest BCUT2D eigenvalue weighted by atomic mass is 32.2. The van der Waals surface area contributed by atoms with Gasteiger partial charge in [-0.1, -0.05) is 0 Å². The number of amides is 1. The van der Waals surface area contributed by atoms with Crippen LogP contribution in [-0.2, 0) is 19.4 Å². The van der Waals surface area contributed by atoms with Gasteiger partial charge in [-0.2, -0.15) is 0 Å². The number of sulfone groups is 1. The Labute approximate surface area is 119 Å². The molecule has 0 atom stereocenters. The van der Waals surface area contributed by atoms with E-state index in [-0.39, 0.29) is 17.3 Å². The summed E-state index contributed by atoms with van der Waals surface area (Å²) in [7, 11) is -1.57. The van der Waals surface area contributed by atoms with E-state index < -0.39 is 9.84 Å². The Hall–Kier alpha value is -1.60. The maximum absolute atomic E-state index is 11.5. The fourth-order valence-electron chi connectivity index (χ4n) is 1.51. The summed E-state index contributed by atoms with van der Waals surface area (Å²) in [6.45, 7) is 1.33. The summed E-state index contributed by atoms with van der Waals surface area (Å²) in [5, 5.41) is 5.67. The molecule has 0 spiro atoms. The number of hydrogen-bond acceptors (Lipinski definition) is 5. The summed E-state index contributed by atoms with van der Waals surface area (Å²) < 4.78 is 27.4. The molecule has 20 heavy (non-hydrogen) atoms. The monoisotopic (exact) mass is 300 g/mol. The fourth-order valence-corrected chi connectivity index (χ4v) is 2.14. The van der Waals surface area contributed by atoms with Crippen LogP contribution in [0.15, 0.2) is 29.2 Å². The van der Waals surface area contributed by atoms with Crippen molar-refractivity contribution in [2.75, 3.05) is 38.4 Å². The molecule has 0 unspecified atom stereocenters. The van der Waals surface area contributed by atoms with Gasteiger partial charge in [-0.05, 0) is 30.7 Å². The van der Waals surface area contributed by atoms with Gasteiger partial charge in [-0.15, -0.1) is 0 Å². The van der Waals surface area contributed by atoms with Gasteiger partial charge < -0.3 is 15.4 Å². The van der Waals surface area contributed by atoms with E-state index in [0.29, 0.717) is 18.8 Å². The van der Waals surface area contributed by atoms with Crippen LogP contribution in [0, 0.1) is 0 Å². The second-order valence-electron chi connectivity index (χ2n) is 4.35. The molecule has 0 radical (unpaired) electrons. The highest BCUT2D eigenvalue weighted by Crippen LogP contribution is 2.13. The number of hydrogen-bond donors (Lipinski definition) is 2. The van der Waals surface area contributed by atoms with Crippen LogP contribution in [0.3, 0.4) is 0 Å². The fraction of sp³-hybridized carbons (Fsp3) is 0.462. The average molecular weight is 300 g/mol. The number of anilines is 1. The van der Waals surface area contributed by atoms with Crippen molar-refractivity contribution < 1.29 is 17.9 Å². The van der Waals surface area contributed by atoms with Gasteiger partial charge in [0.2, 0.25) is 5.91 Å². The molecule has 2 N–H and O–H groups in total. The maximum Gasteiger partial charge on any atom is 0.239 e. The molecule has 1 rings (SSSR count). The van der Waals surface area contributed by atoms with Crippen LogP contribution in [0.2, 0.25) is 0 Å². The first-order valence-corrected chi connectivity index (χ1v) is 8.12. The minimum Gasteiger partial charge on any atom is -0.385 e. The minimum atomic E-state index is -3.19. The largest absolute Gasteiger partial charge is 0.385 e. The predicted octanol–water partition coefficient (Wildman–Crippen LogP) is 0.655. The Bertz CT molecular complexity index is 526. The van der Waals surface area contributed by atoms with E-state index >= 15 is 0 Å². The molecular weight excluding hydrogens is 280 g/mol. The number of methoxy groups -OCH3 is 1. The third-order valence-electron chi connectivity index (χ3n) is 2.58. The van der Waals surface area contributed by atoms with E-state index in [2.05, 4.69) is 10.6 Å². The molecule has 7 heteroatoms. The number of benzene rings is 1. The first kappa shape index (κ1) is 16.5. The molecule has 0 aliphatic carbocycles. The third-order valence-corrected chi connectivity index (χ3v) is 3.71. The molecule has 0 bridgehead atoms. The molecule has 0 fully saturated rings. The van der Waals surface area contributed by atoms with E-state index in [0.717, 1.165) is 12.7 Å². The highest BCUT2D eigenvalue weighted by Gasteiger charge is 2.06. The number of carbonyl (C=O) groups excluding carboxylic acids is 1. The zero-order chi connectivity index (χ0) is 15.0. The Morgan fingerprint density at radius 3 is 2.45 bits per heavy atom. The molecule has 0 aliphatic rings.